The fourth-order valence-corrected chi connectivity index (χ4v) is 1.99. The predicted octanol–water partition coefficient (Wildman–Crippen LogP) is 2.06. The minimum absolute atomic E-state index is 0.248. The maximum atomic E-state index is 13.6. The highest BCUT2D eigenvalue weighted by atomic mass is 32.1. The van der Waals surface area contributed by atoms with Gasteiger partial charge in [0.2, 0.25) is 5.13 Å². The van der Waals surface area contributed by atoms with E-state index in [1.165, 1.54) is 17.4 Å². The molecule has 0 aliphatic carbocycles. The summed E-state index contributed by atoms with van der Waals surface area (Å²) in [6.45, 7) is 2.62. The van der Waals surface area contributed by atoms with Crippen molar-refractivity contribution in [2.75, 3.05) is 5.32 Å². The summed E-state index contributed by atoms with van der Waals surface area (Å²) in [5.74, 6) is -0.248. The van der Waals surface area contributed by atoms with Crippen LogP contribution in [0.25, 0.3) is 0 Å². The Morgan fingerprint density at radius 1 is 1.41 bits per heavy atom. The molecule has 0 bridgehead atoms. The molecule has 0 atom stereocenters. The Bertz CT molecular complexity index is 512. The second kappa shape index (κ2) is 5.20. The third kappa shape index (κ3) is 2.98. The molecule has 90 valence electrons. The van der Waals surface area contributed by atoms with Gasteiger partial charge in [0.15, 0.2) is 0 Å². The first-order valence-electron chi connectivity index (χ1n) is 5.20. The van der Waals surface area contributed by atoms with E-state index >= 15 is 0 Å². The van der Waals surface area contributed by atoms with Crippen LogP contribution in [0.4, 0.5) is 9.52 Å². The van der Waals surface area contributed by atoms with Crippen LogP contribution in [0.3, 0.4) is 0 Å². The van der Waals surface area contributed by atoms with Crippen LogP contribution in [-0.4, -0.2) is 10.2 Å². The van der Waals surface area contributed by atoms with Gasteiger partial charge in [-0.3, -0.25) is 0 Å². The molecule has 0 amide bonds. The monoisotopic (exact) mass is 252 g/mol. The van der Waals surface area contributed by atoms with Gasteiger partial charge in [0.25, 0.3) is 0 Å². The maximum absolute atomic E-state index is 13.6. The average molecular weight is 252 g/mol. The lowest BCUT2D eigenvalue weighted by molar-refractivity contribution is 0.610. The zero-order chi connectivity index (χ0) is 12.3. The average Bonchev–Trinajstić information content (AvgIpc) is 2.73. The van der Waals surface area contributed by atoms with Crippen molar-refractivity contribution in [1.82, 2.24) is 10.2 Å². The summed E-state index contributed by atoms with van der Waals surface area (Å²) < 4.78 is 13.6. The molecule has 3 N–H and O–H groups in total. The van der Waals surface area contributed by atoms with E-state index in [2.05, 4.69) is 15.5 Å². The lowest BCUT2D eigenvalue weighted by Gasteiger charge is -2.05. The van der Waals surface area contributed by atoms with Crippen molar-refractivity contribution in [3.8, 4) is 0 Å². The number of aryl methyl sites for hydroxylation is 1. The van der Waals surface area contributed by atoms with E-state index < -0.39 is 0 Å². The quantitative estimate of drug-likeness (QED) is 0.874. The lowest BCUT2D eigenvalue weighted by Crippen LogP contribution is -2.03. The number of nitrogens with zero attached hydrogens (tertiary/aromatic N) is 2. The van der Waals surface area contributed by atoms with E-state index in [-0.39, 0.29) is 5.82 Å². The second-order valence-electron chi connectivity index (χ2n) is 3.61. The summed E-state index contributed by atoms with van der Waals surface area (Å²) >= 11 is 1.44. The van der Waals surface area contributed by atoms with Gasteiger partial charge >= 0.3 is 0 Å². The van der Waals surface area contributed by atoms with Gasteiger partial charge in [-0.05, 0) is 18.6 Å². The Morgan fingerprint density at radius 2 is 2.24 bits per heavy atom. The first-order valence-corrected chi connectivity index (χ1v) is 6.02. The first-order chi connectivity index (χ1) is 8.19. The van der Waals surface area contributed by atoms with Crippen LogP contribution in [0.2, 0.25) is 0 Å². The normalized spacial score (nSPS) is 10.5. The van der Waals surface area contributed by atoms with E-state index in [0.29, 0.717) is 23.8 Å². The summed E-state index contributed by atoms with van der Waals surface area (Å²) in [7, 11) is 0. The van der Waals surface area contributed by atoms with E-state index in [1.807, 2.05) is 13.0 Å². The number of nitrogens with two attached hydrogens (primary N) is 1. The molecule has 0 aliphatic rings. The van der Waals surface area contributed by atoms with Crippen LogP contribution in [0.5, 0.6) is 0 Å². The molecule has 1 heterocycles. The SMILES string of the molecule is Cc1nnc(NCc2ccc(CN)cc2F)s1. The van der Waals surface area contributed by atoms with Crippen molar-refractivity contribution in [1.29, 1.82) is 0 Å². The van der Waals surface area contributed by atoms with Crippen molar-refractivity contribution >= 4 is 16.5 Å². The molecular formula is C11H13FN4S. The highest BCUT2D eigenvalue weighted by molar-refractivity contribution is 7.15. The summed E-state index contributed by atoms with van der Waals surface area (Å²) in [5, 5.41) is 12.4. The van der Waals surface area contributed by atoms with E-state index in [4.69, 9.17) is 5.73 Å². The Balaban J connectivity index is 2.04. The van der Waals surface area contributed by atoms with Crippen molar-refractivity contribution in [2.24, 2.45) is 5.73 Å². The Kier molecular flexibility index (Phi) is 3.65. The molecule has 0 spiro atoms. The van der Waals surface area contributed by atoms with Crippen LogP contribution < -0.4 is 11.1 Å². The number of nitrogens with one attached hydrogen (secondary N) is 1. The number of anilines is 1. The molecule has 2 rings (SSSR count). The standard InChI is InChI=1S/C11H13FN4S/c1-7-15-16-11(17-7)14-6-9-3-2-8(5-13)4-10(9)12/h2-4H,5-6,13H2,1H3,(H,14,16). The van der Waals surface area contributed by atoms with Crippen LogP contribution in [0.1, 0.15) is 16.1 Å². The van der Waals surface area contributed by atoms with E-state index in [0.717, 1.165) is 10.6 Å². The largest absolute Gasteiger partial charge is 0.356 e. The molecule has 0 saturated carbocycles. The smallest absolute Gasteiger partial charge is 0.205 e. The van der Waals surface area contributed by atoms with Gasteiger partial charge in [-0.2, -0.15) is 0 Å². The molecular weight excluding hydrogens is 239 g/mol. The topological polar surface area (TPSA) is 63.8 Å². The van der Waals surface area contributed by atoms with Crippen LogP contribution in [0, 0.1) is 12.7 Å². The fourth-order valence-electron chi connectivity index (χ4n) is 1.40. The van der Waals surface area contributed by atoms with Gasteiger partial charge in [-0.25, -0.2) is 4.39 Å². The van der Waals surface area contributed by atoms with Gasteiger partial charge in [0.05, 0.1) is 0 Å². The minimum Gasteiger partial charge on any atom is -0.356 e. The lowest BCUT2D eigenvalue weighted by atomic mass is 10.1. The van der Waals surface area contributed by atoms with Gasteiger partial charge in [0.1, 0.15) is 10.8 Å². The number of benzene rings is 1. The summed E-state index contributed by atoms with van der Waals surface area (Å²) in [6.07, 6.45) is 0. The number of halogens is 1. The molecule has 2 aromatic rings. The number of hydrogen-bond donors (Lipinski definition) is 2. The van der Waals surface area contributed by atoms with E-state index in [9.17, 15) is 4.39 Å². The van der Waals surface area contributed by atoms with Crippen molar-refractivity contribution in [2.45, 2.75) is 20.0 Å². The number of rotatable bonds is 4. The van der Waals surface area contributed by atoms with Crippen molar-refractivity contribution in [3.05, 3.63) is 40.2 Å². The maximum Gasteiger partial charge on any atom is 0.205 e. The summed E-state index contributed by atoms with van der Waals surface area (Å²) in [6, 6.07) is 5.02. The molecule has 0 unspecified atom stereocenters. The molecule has 0 saturated heterocycles. The zero-order valence-corrected chi connectivity index (χ0v) is 10.2. The Labute approximate surface area is 103 Å². The minimum atomic E-state index is -0.248. The second-order valence-corrected chi connectivity index (χ2v) is 4.79. The summed E-state index contributed by atoms with van der Waals surface area (Å²) in [4.78, 5) is 0. The van der Waals surface area contributed by atoms with Gasteiger partial charge in [0, 0.05) is 18.7 Å². The highest BCUT2D eigenvalue weighted by Gasteiger charge is 2.04. The van der Waals surface area contributed by atoms with Gasteiger partial charge < -0.3 is 11.1 Å². The number of hydrogen-bond acceptors (Lipinski definition) is 5. The molecule has 17 heavy (non-hydrogen) atoms. The van der Waals surface area contributed by atoms with E-state index in [1.54, 1.807) is 6.07 Å². The third-order valence-corrected chi connectivity index (χ3v) is 3.11. The predicted molar refractivity (Wildman–Crippen MR) is 66.3 cm³/mol. The third-order valence-electron chi connectivity index (χ3n) is 2.31. The fraction of sp³-hybridized carbons (Fsp3) is 0.273. The molecule has 0 radical (unpaired) electrons. The first kappa shape index (κ1) is 11.9. The summed E-state index contributed by atoms with van der Waals surface area (Å²) in [5.41, 5.74) is 6.82. The number of aromatic nitrogens is 2. The van der Waals surface area contributed by atoms with Crippen LogP contribution >= 0.6 is 11.3 Å². The van der Waals surface area contributed by atoms with Crippen LogP contribution in [-0.2, 0) is 13.1 Å². The highest BCUT2D eigenvalue weighted by Crippen LogP contribution is 2.16. The molecule has 4 nitrogen and oxygen atoms in total. The Morgan fingerprint density at radius 3 is 2.82 bits per heavy atom. The van der Waals surface area contributed by atoms with Crippen molar-refractivity contribution in [3.63, 3.8) is 0 Å². The van der Waals surface area contributed by atoms with Crippen molar-refractivity contribution < 1.29 is 4.39 Å². The molecule has 0 aliphatic heterocycles. The molecule has 6 heteroatoms. The van der Waals surface area contributed by atoms with Crippen LogP contribution in [0.15, 0.2) is 18.2 Å². The van der Waals surface area contributed by atoms with Gasteiger partial charge in [-0.15, -0.1) is 10.2 Å². The zero-order valence-electron chi connectivity index (χ0n) is 9.40. The molecule has 1 aromatic heterocycles. The molecule has 1 aromatic carbocycles. The molecule has 0 fully saturated rings. The van der Waals surface area contributed by atoms with Gasteiger partial charge in [-0.1, -0.05) is 23.5 Å². The Hall–Kier alpha value is -1.53.